The Morgan fingerprint density at radius 2 is 0.973 bits per heavy atom. The minimum Gasteiger partial charge on any atom is -0.0689 e. The summed E-state index contributed by atoms with van der Waals surface area (Å²) in [4.78, 5) is 0. The predicted molar refractivity (Wildman–Crippen MR) is 162 cm³/mol. The van der Waals surface area contributed by atoms with Crippen LogP contribution in [-0.2, 0) is 0 Å². The van der Waals surface area contributed by atoms with E-state index in [-0.39, 0.29) is 0 Å². The van der Waals surface area contributed by atoms with Crippen LogP contribution in [0.3, 0.4) is 0 Å². The van der Waals surface area contributed by atoms with Gasteiger partial charge in [0.1, 0.15) is 0 Å². The molecule has 4 fully saturated rings. The molecule has 4 aliphatic rings. The normalized spacial score (nSPS) is 39.8. The van der Waals surface area contributed by atoms with Crippen LogP contribution < -0.4 is 0 Å². The van der Waals surface area contributed by atoms with Gasteiger partial charge in [-0.1, -0.05) is 101 Å². The van der Waals surface area contributed by atoms with Crippen molar-refractivity contribution in [2.24, 2.45) is 35.5 Å². The van der Waals surface area contributed by atoms with Crippen molar-refractivity contribution in [2.45, 2.75) is 115 Å². The highest BCUT2D eigenvalue weighted by Crippen LogP contribution is 2.67. The molecular weight excluding hydrogens is 460 g/mol. The molecule has 0 spiro atoms. The number of hydrogen-bond donors (Lipinski definition) is 0. The molecule has 0 radical (unpaired) electrons. The lowest BCUT2D eigenvalue weighted by Crippen LogP contribution is -2.47. The summed E-state index contributed by atoms with van der Waals surface area (Å²) in [5, 5.41) is 0. The fourth-order valence-corrected chi connectivity index (χ4v) is 18.4. The zero-order valence-corrected chi connectivity index (χ0v) is 25.5. The van der Waals surface area contributed by atoms with Gasteiger partial charge < -0.3 is 0 Å². The second-order valence-corrected chi connectivity index (χ2v) is 19.7. The first-order chi connectivity index (χ1) is 17.8. The molecule has 0 amide bonds. The van der Waals surface area contributed by atoms with Crippen molar-refractivity contribution < 1.29 is 0 Å². The number of hydrogen-bond acceptors (Lipinski definition) is 0. The molecule has 0 heterocycles. The van der Waals surface area contributed by atoms with Crippen molar-refractivity contribution in [3.8, 4) is 0 Å². The molecule has 200 valence electrons. The van der Waals surface area contributed by atoms with Gasteiger partial charge in [-0.3, -0.25) is 0 Å². The van der Waals surface area contributed by atoms with Crippen LogP contribution in [0.5, 0.6) is 0 Å². The minimum absolute atomic E-state index is 0.811. The van der Waals surface area contributed by atoms with Gasteiger partial charge >= 0.3 is 0 Å². The Morgan fingerprint density at radius 1 is 0.568 bits per heavy atom. The molecule has 0 aliphatic heterocycles. The van der Waals surface area contributed by atoms with Crippen LogP contribution in [0.2, 0.25) is 24.2 Å². The van der Waals surface area contributed by atoms with Crippen LogP contribution in [0.1, 0.15) is 99.3 Å². The molecule has 6 rings (SSSR count). The van der Waals surface area contributed by atoms with E-state index >= 15 is 0 Å². The van der Waals surface area contributed by atoms with Gasteiger partial charge in [-0.2, -0.15) is 0 Å². The lowest BCUT2D eigenvalue weighted by Gasteiger charge is -2.49. The van der Waals surface area contributed by atoms with Gasteiger partial charge in [0.2, 0.25) is 0 Å². The number of fused-ring (bicyclic) bond motifs is 2. The number of benzene rings is 2. The predicted octanol–water partition coefficient (Wildman–Crippen LogP) is 10.5. The van der Waals surface area contributed by atoms with E-state index < -0.39 is 8.07 Å². The van der Waals surface area contributed by atoms with E-state index in [9.17, 15) is 0 Å². The molecule has 0 aromatic heterocycles. The zero-order valence-electron chi connectivity index (χ0n) is 24.5. The second kappa shape index (κ2) is 10.00. The smallest absolute Gasteiger partial charge is 0.0546 e. The maximum Gasteiger partial charge on any atom is 0.0546 e. The van der Waals surface area contributed by atoms with E-state index in [1.807, 2.05) is 0 Å². The average Bonchev–Trinajstić information content (AvgIpc) is 3.41. The molecule has 2 aromatic rings. The van der Waals surface area contributed by atoms with Crippen LogP contribution in [0, 0.1) is 49.4 Å². The summed E-state index contributed by atoms with van der Waals surface area (Å²) in [6, 6.07) is 18.7. The van der Waals surface area contributed by atoms with Gasteiger partial charge in [0.05, 0.1) is 8.07 Å². The monoisotopic (exact) mass is 512 g/mol. The largest absolute Gasteiger partial charge is 0.0689 e. The van der Waals surface area contributed by atoms with Gasteiger partial charge in [0.15, 0.2) is 0 Å². The van der Waals surface area contributed by atoms with Crippen molar-refractivity contribution >= 4 is 8.07 Å². The summed E-state index contributed by atoms with van der Waals surface area (Å²) in [5.74, 6) is 7.29. The Morgan fingerprint density at radius 3 is 1.38 bits per heavy atom. The SMILES string of the molecule is Cc1ccccc1C1CCCC2C1CC(C)C2[Si](C)(C)C1C(C)CC2C(c3ccccc3C)CCCC21. The first-order valence-corrected chi connectivity index (χ1v) is 19.1. The molecule has 0 bridgehead atoms. The molecule has 1 heteroatoms. The first kappa shape index (κ1) is 25.9. The van der Waals surface area contributed by atoms with E-state index in [0.717, 1.165) is 58.4 Å². The van der Waals surface area contributed by atoms with Crippen molar-refractivity contribution in [3.63, 3.8) is 0 Å². The molecule has 37 heavy (non-hydrogen) atoms. The summed E-state index contributed by atoms with van der Waals surface area (Å²) < 4.78 is 0. The standard InChI is InChI=1S/C36H52Si/c1-23-13-7-9-15-27(23)29-17-11-19-31-33(29)21-25(3)35(31)37(5,6)36-26(4)22-34-30(18-12-20-32(34)36)28-16-10-8-14-24(28)2/h7-10,13-16,25-26,29-36H,11-12,17-22H2,1-6H3. The van der Waals surface area contributed by atoms with Crippen LogP contribution >= 0.6 is 0 Å². The molecule has 10 atom stereocenters. The van der Waals surface area contributed by atoms with Crippen molar-refractivity contribution in [1.82, 2.24) is 0 Å². The lowest BCUT2D eigenvalue weighted by atomic mass is 9.70. The third-order valence-corrected chi connectivity index (χ3v) is 18.0. The van der Waals surface area contributed by atoms with Crippen LogP contribution in [0.25, 0.3) is 0 Å². The third kappa shape index (κ3) is 4.31. The molecule has 2 aromatic carbocycles. The topological polar surface area (TPSA) is 0 Å². The number of aryl methyl sites for hydroxylation is 2. The van der Waals surface area contributed by atoms with Crippen molar-refractivity contribution in [1.29, 1.82) is 0 Å². The Bertz CT molecular complexity index is 1010. The molecular formula is C36H52Si. The highest BCUT2D eigenvalue weighted by molar-refractivity contribution is 6.80. The molecule has 10 unspecified atom stereocenters. The summed E-state index contributed by atoms with van der Waals surface area (Å²) in [5.41, 5.74) is 8.50. The van der Waals surface area contributed by atoms with E-state index in [0.29, 0.717) is 0 Å². The fraction of sp³-hybridized carbons (Fsp3) is 0.667. The summed E-state index contributed by atoms with van der Waals surface area (Å²) in [6.45, 7) is 15.9. The Hall–Kier alpha value is -1.34. The summed E-state index contributed by atoms with van der Waals surface area (Å²) in [6.07, 6.45) is 11.8. The maximum absolute atomic E-state index is 2.88. The maximum atomic E-state index is 2.88. The zero-order chi connectivity index (χ0) is 25.9. The highest BCUT2D eigenvalue weighted by Gasteiger charge is 2.59. The molecule has 4 aliphatic carbocycles. The van der Waals surface area contributed by atoms with Crippen molar-refractivity contribution in [3.05, 3.63) is 70.8 Å². The Kier molecular flexibility index (Phi) is 7.00. The van der Waals surface area contributed by atoms with E-state index in [1.165, 1.54) is 62.5 Å². The van der Waals surface area contributed by atoms with Gasteiger partial charge in [-0.05, 0) is 120 Å². The van der Waals surface area contributed by atoms with E-state index in [2.05, 4.69) is 89.3 Å². The van der Waals surface area contributed by atoms with Gasteiger partial charge in [0, 0.05) is 0 Å². The van der Waals surface area contributed by atoms with Crippen molar-refractivity contribution in [2.75, 3.05) is 0 Å². The summed E-state index contributed by atoms with van der Waals surface area (Å²) in [7, 11) is -1.47. The quantitative estimate of drug-likeness (QED) is 0.357. The lowest BCUT2D eigenvalue weighted by molar-refractivity contribution is 0.226. The first-order valence-electron chi connectivity index (χ1n) is 15.9. The second-order valence-electron chi connectivity index (χ2n) is 14.7. The van der Waals surface area contributed by atoms with Gasteiger partial charge in [0.25, 0.3) is 0 Å². The van der Waals surface area contributed by atoms with Crippen LogP contribution in [-0.4, -0.2) is 8.07 Å². The van der Waals surface area contributed by atoms with Crippen LogP contribution in [0.4, 0.5) is 0 Å². The minimum atomic E-state index is -1.47. The van der Waals surface area contributed by atoms with E-state index in [4.69, 9.17) is 0 Å². The fourth-order valence-electron chi connectivity index (χ4n) is 11.7. The molecule has 0 saturated heterocycles. The third-order valence-electron chi connectivity index (χ3n) is 12.6. The van der Waals surface area contributed by atoms with Gasteiger partial charge in [-0.25, -0.2) is 0 Å². The summed E-state index contributed by atoms with van der Waals surface area (Å²) >= 11 is 0. The molecule has 0 N–H and O–H groups in total. The highest BCUT2D eigenvalue weighted by atomic mass is 28.3. The Balaban J connectivity index is 1.29. The average molecular weight is 513 g/mol. The molecule has 0 nitrogen and oxygen atoms in total. The van der Waals surface area contributed by atoms with Gasteiger partial charge in [-0.15, -0.1) is 0 Å². The van der Waals surface area contributed by atoms with E-state index in [1.54, 1.807) is 11.1 Å². The Labute approximate surface area is 229 Å². The number of rotatable bonds is 4. The molecule has 4 saturated carbocycles. The van der Waals surface area contributed by atoms with Crippen LogP contribution in [0.15, 0.2) is 48.5 Å².